The second-order valence-corrected chi connectivity index (χ2v) is 3.50. The van der Waals surface area contributed by atoms with E-state index in [1.54, 1.807) is 0 Å². The second kappa shape index (κ2) is 4.00. The van der Waals surface area contributed by atoms with Crippen LogP contribution in [0.2, 0.25) is 5.02 Å². The van der Waals surface area contributed by atoms with E-state index in [4.69, 9.17) is 17.3 Å². The van der Waals surface area contributed by atoms with Crippen molar-refractivity contribution in [2.24, 2.45) is 5.73 Å². The minimum atomic E-state index is -0.103. The lowest BCUT2D eigenvalue weighted by Crippen LogP contribution is -2.14. The number of hydrogen-bond donors (Lipinski definition) is 2. The molecule has 1 aromatic rings. The van der Waals surface area contributed by atoms with Gasteiger partial charge in [0, 0.05) is 5.02 Å². The quantitative estimate of drug-likeness (QED) is 0.538. The van der Waals surface area contributed by atoms with E-state index in [-0.39, 0.29) is 5.37 Å². The second-order valence-electron chi connectivity index (χ2n) is 2.40. The van der Waals surface area contributed by atoms with Gasteiger partial charge in [0.15, 0.2) is 0 Å². The molecule has 11 heavy (non-hydrogen) atoms. The molecule has 1 nitrogen and oxygen atoms in total. The minimum Gasteiger partial charge on any atom is -0.319 e. The van der Waals surface area contributed by atoms with Crippen molar-refractivity contribution >= 4 is 24.2 Å². The van der Waals surface area contributed by atoms with Crippen LogP contribution < -0.4 is 5.73 Å². The summed E-state index contributed by atoms with van der Waals surface area (Å²) in [5, 5.41) is 0.643. The van der Waals surface area contributed by atoms with E-state index in [0.717, 1.165) is 17.0 Å². The molecule has 1 unspecified atom stereocenters. The first-order valence-electron chi connectivity index (χ1n) is 3.36. The highest BCUT2D eigenvalue weighted by atomic mass is 35.5. The molecule has 1 rings (SSSR count). The van der Waals surface area contributed by atoms with Crippen LogP contribution in [0, 0.1) is 0 Å². The minimum absolute atomic E-state index is 0.103. The molecule has 1 atom stereocenters. The normalized spacial score (nSPS) is 13.0. The summed E-state index contributed by atoms with van der Waals surface area (Å²) in [5.74, 6) is 0. The predicted molar refractivity (Wildman–Crippen MR) is 52.1 cm³/mol. The van der Waals surface area contributed by atoms with E-state index in [2.05, 4.69) is 12.6 Å². The smallest absolute Gasteiger partial charge is 0.0518 e. The van der Waals surface area contributed by atoms with Gasteiger partial charge >= 0.3 is 0 Å². The standard InChI is InChI=1S/C8H10ClNS/c9-7-3-1-2-6(4-7)5-8(10)11/h1-4,8,11H,5,10H2. The van der Waals surface area contributed by atoms with Crippen LogP contribution in [-0.4, -0.2) is 5.37 Å². The number of benzene rings is 1. The lowest BCUT2D eigenvalue weighted by Gasteiger charge is -2.03. The highest BCUT2D eigenvalue weighted by Crippen LogP contribution is 2.12. The van der Waals surface area contributed by atoms with Gasteiger partial charge < -0.3 is 5.73 Å². The molecule has 2 N–H and O–H groups in total. The number of hydrogen-bond acceptors (Lipinski definition) is 2. The fourth-order valence-corrected chi connectivity index (χ4v) is 1.33. The maximum absolute atomic E-state index is 5.76. The van der Waals surface area contributed by atoms with Gasteiger partial charge in [-0.15, -0.1) is 0 Å². The first-order chi connectivity index (χ1) is 5.18. The third-order valence-corrected chi connectivity index (χ3v) is 1.75. The molecular weight excluding hydrogens is 178 g/mol. The van der Waals surface area contributed by atoms with Gasteiger partial charge in [-0.3, -0.25) is 0 Å². The molecule has 60 valence electrons. The largest absolute Gasteiger partial charge is 0.319 e. The number of nitrogens with two attached hydrogens (primary N) is 1. The molecule has 0 amide bonds. The summed E-state index contributed by atoms with van der Waals surface area (Å²) in [6, 6.07) is 7.64. The summed E-state index contributed by atoms with van der Waals surface area (Å²) in [6.45, 7) is 0. The number of thiol groups is 1. The highest BCUT2D eigenvalue weighted by molar-refractivity contribution is 7.80. The van der Waals surface area contributed by atoms with Gasteiger partial charge in [0.2, 0.25) is 0 Å². The van der Waals surface area contributed by atoms with Gasteiger partial charge in [0.05, 0.1) is 5.37 Å². The Morgan fingerprint density at radius 2 is 2.27 bits per heavy atom. The molecule has 0 saturated heterocycles. The first-order valence-corrected chi connectivity index (χ1v) is 4.26. The summed E-state index contributed by atoms with van der Waals surface area (Å²) in [6.07, 6.45) is 0.754. The van der Waals surface area contributed by atoms with Crippen LogP contribution in [0.4, 0.5) is 0 Å². The SMILES string of the molecule is NC(S)Cc1cccc(Cl)c1. The molecule has 0 radical (unpaired) electrons. The Bertz CT molecular complexity index is 237. The van der Waals surface area contributed by atoms with Gasteiger partial charge in [0.1, 0.15) is 0 Å². The van der Waals surface area contributed by atoms with E-state index in [1.807, 2.05) is 24.3 Å². The van der Waals surface area contributed by atoms with Gasteiger partial charge in [-0.05, 0) is 24.1 Å². The van der Waals surface area contributed by atoms with Gasteiger partial charge in [-0.1, -0.05) is 23.7 Å². The molecule has 0 aromatic heterocycles. The predicted octanol–water partition coefficient (Wildman–Crippen LogP) is 2.10. The van der Waals surface area contributed by atoms with Crippen LogP contribution >= 0.6 is 24.2 Å². The Labute approximate surface area is 77.0 Å². The maximum Gasteiger partial charge on any atom is 0.0518 e. The fourth-order valence-electron chi connectivity index (χ4n) is 0.905. The molecule has 3 heteroatoms. The van der Waals surface area contributed by atoms with Crippen molar-refractivity contribution in [1.29, 1.82) is 0 Å². The zero-order chi connectivity index (χ0) is 8.27. The van der Waals surface area contributed by atoms with Crippen LogP contribution in [0.5, 0.6) is 0 Å². The van der Waals surface area contributed by atoms with Crippen LogP contribution in [0.25, 0.3) is 0 Å². The van der Waals surface area contributed by atoms with Crippen molar-refractivity contribution in [2.45, 2.75) is 11.8 Å². The summed E-state index contributed by atoms with van der Waals surface area (Å²) < 4.78 is 0. The Kier molecular flexibility index (Phi) is 3.24. The zero-order valence-electron chi connectivity index (χ0n) is 6.00. The van der Waals surface area contributed by atoms with E-state index in [0.29, 0.717) is 0 Å². The molecule has 0 aliphatic heterocycles. The van der Waals surface area contributed by atoms with Crippen LogP contribution in [0.1, 0.15) is 5.56 Å². The van der Waals surface area contributed by atoms with Crippen LogP contribution in [-0.2, 0) is 6.42 Å². The molecule has 1 aromatic carbocycles. The van der Waals surface area contributed by atoms with Crippen molar-refractivity contribution in [2.75, 3.05) is 0 Å². The number of rotatable bonds is 2. The zero-order valence-corrected chi connectivity index (χ0v) is 7.65. The summed E-state index contributed by atoms with van der Waals surface area (Å²) >= 11 is 9.84. The average Bonchev–Trinajstić information content (AvgIpc) is 1.85. The average molecular weight is 188 g/mol. The Hall–Kier alpha value is -0.180. The monoisotopic (exact) mass is 187 g/mol. The molecule has 0 spiro atoms. The van der Waals surface area contributed by atoms with E-state index in [1.165, 1.54) is 0 Å². The first kappa shape index (κ1) is 8.91. The molecule has 0 aliphatic rings. The van der Waals surface area contributed by atoms with Crippen molar-refractivity contribution in [3.63, 3.8) is 0 Å². The molecule has 0 fully saturated rings. The van der Waals surface area contributed by atoms with Gasteiger partial charge in [0.25, 0.3) is 0 Å². The van der Waals surface area contributed by atoms with Crippen LogP contribution in [0.3, 0.4) is 0 Å². The Morgan fingerprint density at radius 3 is 2.82 bits per heavy atom. The molecule has 0 saturated carbocycles. The maximum atomic E-state index is 5.76. The number of halogens is 1. The van der Waals surface area contributed by atoms with Crippen molar-refractivity contribution in [3.05, 3.63) is 34.9 Å². The fraction of sp³-hybridized carbons (Fsp3) is 0.250. The van der Waals surface area contributed by atoms with Crippen molar-refractivity contribution < 1.29 is 0 Å². The molecule has 0 bridgehead atoms. The Balaban J connectivity index is 2.71. The molecule has 0 heterocycles. The highest BCUT2D eigenvalue weighted by Gasteiger charge is 1.97. The third kappa shape index (κ3) is 3.14. The topological polar surface area (TPSA) is 26.0 Å². The van der Waals surface area contributed by atoms with E-state index < -0.39 is 0 Å². The van der Waals surface area contributed by atoms with Gasteiger partial charge in [-0.25, -0.2) is 0 Å². The van der Waals surface area contributed by atoms with Gasteiger partial charge in [-0.2, -0.15) is 12.6 Å². The Morgan fingerprint density at radius 1 is 1.55 bits per heavy atom. The summed E-state index contributed by atoms with van der Waals surface area (Å²) in [5.41, 5.74) is 6.62. The van der Waals surface area contributed by atoms with E-state index >= 15 is 0 Å². The molecule has 0 aliphatic carbocycles. The van der Waals surface area contributed by atoms with Crippen LogP contribution in [0.15, 0.2) is 24.3 Å². The van der Waals surface area contributed by atoms with Crippen molar-refractivity contribution in [3.8, 4) is 0 Å². The lowest BCUT2D eigenvalue weighted by molar-refractivity contribution is 0.909. The van der Waals surface area contributed by atoms with Crippen molar-refractivity contribution in [1.82, 2.24) is 0 Å². The summed E-state index contributed by atoms with van der Waals surface area (Å²) in [7, 11) is 0. The third-order valence-electron chi connectivity index (χ3n) is 1.33. The summed E-state index contributed by atoms with van der Waals surface area (Å²) in [4.78, 5) is 0. The lowest BCUT2D eigenvalue weighted by atomic mass is 10.1. The molecular formula is C8H10ClNS. The van der Waals surface area contributed by atoms with E-state index in [9.17, 15) is 0 Å².